The molecule has 38 heavy (non-hydrogen) atoms. The summed E-state index contributed by atoms with van der Waals surface area (Å²) in [6, 6.07) is 12.6. The van der Waals surface area contributed by atoms with E-state index in [2.05, 4.69) is 10.3 Å². The van der Waals surface area contributed by atoms with Gasteiger partial charge in [0.1, 0.15) is 4.88 Å². The molecule has 1 aliphatic carbocycles. The van der Waals surface area contributed by atoms with Crippen molar-refractivity contribution >= 4 is 45.5 Å². The molecular formula is C26H24N6O5S. The van der Waals surface area contributed by atoms with Gasteiger partial charge in [0, 0.05) is 37.2 Å². The fourth-order valence-electron chi connectivity index (χ4n) is 4.98. The van der Waals surface area contributed by atoms with Gasteiger partial charge in [-0.3, -0.25) is 25.0 Å². The number of nitro groups is 2. The summed E-state index contributed by atoms with van der Waals surface area (Å²) in [7, 11) is 1.57. The molecule has 12 heteroatoms. The fourth-order valence-corrected chi connectivity index (χ4v) is 5.98. The summed E-state index contributed by atoms with van der Waals surface area (Å²) in [6.07, 6.45) is 4.59. The third kappa shape index (κ3) is 4.65. The molecule has 0 bridgehead atoms. The van der Waals surface area contributed by atoms with Gasteiger partial charge < -0.3 is 5.32 Å². The minimum atomic E-state index is -0.427. The average molecular weight is 533 g/mol. The van der Waals surface area contributed by atoms with Crippen LogP contribution in [-0.2, 0) is 0 Å². The summed E-state index contributed by atoms with van der Waals surface area (Å²) in [5.41, 5.74) is 4.27. The highest BCUT2D eigenvalue weighted by Crippen LogP contribution is 2.47. The molecule has 2 aliphatic rings. The van der Waals surface area contributed by atoms with E-state index in [1.807, 2.05) is 11.1 Å². The number of hydrazone groups is 1. The smallest absolute Gasteiger partial charge is 0.269 e. The van der Waals surface area contributed by atoms with Gasteiger partial charge in [0.25, 0.3) is 17.3 Å². The van der Waals surface area contributed by atoms with Crippen LogP contribution >= 0.6 is 11.3 Å². The summed E-state index contributed by atoms with van der Waals surface area (Å²) in [5, 5.41) is 32.3. The maximum absolute atomic E-state index is 12.4. The van der Waals surface area contributed by atoms with Crippen molar-refractivity contribution in [3.05, 3.63) is 96.0 Å². The Morgan fingerprint density at radius 1 is 1.08 bits per heavy atom. The average Bonchev–Trinajstić information content (AvgIpc) is 3.50. The number of rotatable bonds is 6. The van der Waals surface area contributed by atoms with Crippen LogP contribution in [0.3, 0.4) is 0 Å². The van der Waals surface area contributed by atoms with Crippen molar-refractivity contribution in [3.63, 3.8) is 0 Å². The summed E-state index contributed by atoms with van der Waals surface area (Å²) in [6.45, 7) is 1.78. The first-order chi connectivity index (χ1) is 18.3. The number of allylic oxidation sites excluding steroid dienone is 1. The Balaban J connectivity index is 1.58. The first-order valence-electron chi connectivity index (χ1n) is 12.0. The molecule has 1 saturated carbocycles. The number of aryl methyl sites for hydroxylation is 1. The molecule has 1 N–H and O–H groups in total. The Morgan fingerprint density at radius 3 is 2.32 bits per heavy atom. The van der Waals surface area contributed by atoms with Gasteiger partial charge in [0.05, 0.1) is 27.3 Å². The van der Waals surface area contributed by atoms with E-state index < -0.39 is 9.85 Å². The van der Waals surface area contributed by atoms with Crippen LogP contribution in [0, 0.1) is 33.1 Å². The molecule has 1 aliphatic heterocycles. The predicted octanol–water partition coefficient (Wildman–Crippen LogP) is 5.43. The topological polar surface area (TPSA) is 144 Å². The number of hydrogen-bond acceptors (Lipinski definition) is 9. The summed E-state index contributed by atoms with van der Waals surface area (Å²) in [5.74, 6) is -0.219. The maximum atomic E-state index is 12.4. The number of anilines is 1. The van der Waals surface area contributed by atoms with E-state index in [4.69, 9.17) is 5.10 Å². The third-order valence-corrected chi connectivity index (χ3v) is 7.95. The van der Waals surface area contributed by atoms with Crippen LogP contribution < -0.4 is 10.3 Å². The highest BCUT2D eigenvalue weighted by atomic mass is 32.1. The second-order valence-corrected chi connectivity index (χ2v) is 10.1. The van der Waals surface area contributed by atoms with E-state index in [0.717, 1.165) is 41.7 Å². The van der Waals surface area contributed by atoms with Gasteiger partial charge in [0.15, 0.2) is 0 Å². The van der Waals surface area contributed by atoms with Gasteiger partial charge in [-0.05, 0) is 61.1 Å². The van der Waals surface area contributed by atoms with E-state index >= 15 is 0 Å². The van der Waals surface area contributed by atoms with E-state index in [9.17, 15) is 25.0 Å². The highest BCUT2D eigenvalue weighted by Gasteiger charge is 2.43. The zero-order valence-electron chi connectivity index (χ0n) is 20.7. The number of amides is 1. The SMILES string of the molecule is CNC(=O)c1sc(N2N=C3/C(=C\c4ccc([N+](=O)[O-])cc4)CCC[C@H]3[C@@H]2c2ccc([N+](=O)[O-])cc2)nc1C. The van der Waals surface area contributed by atoms with E-state index in [0.29, 0.717) is 15.7 Å². The van der Waals surface area contributed by atoms with Crippen molar-refractivity contribution in [2.45, 2.75) is 32.2 Å². The Morgan fingerprint density at radius 2 is 1.71 bits per heavy atom. The number of fused-ring (bicyclic) bond motifs is 1. The summed E-state index contributed by atoms with van der Waals surface area (Å²) >= 11 is 1.26. The first-order valence-corrected chi connectivity index (χ1v) is 12.9. The zero-order valence-corrected chi connectivity index (χ0v) is 21.5. The van der Waals surface area contributed by atoms with E-state index in [-0.39, 0.29) is 29.2 Å². The monoisotopic (exact) mass is 532 g/mol. The quantitative estimate of drug-likeness (QED) is 0.329. The zero-order chi connectivity index (χ0) is 27.0. The number of carbonyl (C=O) groups excluding carboxylic acids is 1. The van der Waals surface area contributed by atoms with Crippen LogP contribution in [0.2, 0.25) is 0 Å². The molecule has 194 valence electrons. The molecule has 1 amide bonds. The van der Waals surface area contributed by atoms with Gasteiger partial charge in [-0.15, -0.1) is 0 Å². The molecule has 3 aromatic rings. The standard InChI is InChI=1S/C26H24N6O5S/c1-15-24(25(33)27-2)38-26(28-15)30-23(17-8-12-20(13-9-17)32(36)37)21-5-3-4-18(22(21)29-30)14-16-6-10-19(11-7-16)31(34)35/h6-14,21,23H,3-5H2,1-2H3,(H,27,33)/b18-14-/t21-,23+/m1/s1. The molecule has 0 saturated heterocycles. The summed E-state index contributed by atoms with van der Waals surface area (Å²) < 4.78 is 0. The van der Waals surface area contributed by atoms with Crippen molar-refractivity contribution in [3.8, 4) is 0 Å². The molecule has 2 atom stereocenters. The molecule has 2 aromatic carbocycles. The van der Waals surface area contributed by atoms with Gasteiger partial charge >= 0.3 is 0 Å². The molecule has 5 rings (SSSR count). The number of hydrogen-bond donors (Lipinski definition) is 1. The van der Waals surface area contributed by atoms with Crippen molar-refractivity contribution in [2.75, 3.05) is 12.1 Å². The van der Waals surface area contributed by atoms with Gasteiger partial charge in [-0.25, -0.2) is 9.99 Å². The molecule has 0 unspecified atom stereocenters. The molecule has 2 heterocycles. The summed E-state index contributed by atoms with van der Waals surface area (Å²) in [4.78, 5) is 39.0. The predicted molar refractivity (Wildman–Crippen MR) is 144 cm³/mol. The van der Waals surface area contributed by atoms with Crippen LogP contribution in [0.4, 0.5) is 16.5 Å². The van der Waals surface area contributed by atoms with Crippen LogP contribution in [-0.4, -0.2) is 33.5 Å². The Labute approximate surface area is 221 Å². The van der Waals surface area contributed by atoms with Crippen molar-refractivity contribution in [2.24, 2.45) is 11.0 Å². The third-order valence-electron chi connectivity index (χ3n) is 6.81. The van der Waals surface area contributed by atoms with Gasteiger partial charge in [0.2, 0.25) is 5.13 Å². The van der Waals surface area contributed by atoms with Crippen LogP contribution in [0.25, 0.3) is 6.08 Å². The van der Waals surface area contributed by atoms with Gasteiger partial charge in [-0.1, -0.05) is 23.5 Å². The normalized spacial score (nSPS) is 19.7. The van der Waals surface area contributed by atoms with Crippen LogP contribution in [0.5, 0.6) is 0 Å². The lowest BCUT2D eigenvalue weighted by Gasteiger charge is -2.29. The lowest BCUT2D eigenvalue weighted by Crippen LogP contribution is -2.28. The van der Waals surface area contributed by atoms with Crippen molar-refractivity contribution in [1.82, 2.24) is 10.3 Å². The fraction of sp³-hybridized carbons (Fsp3) is 0.269. The first kappa shape index (κ1) is 25.2. The molecule has 1 aromatic heterocycles. The van der Waals surface area contributed by atoms with Crippen molar-refractivity contribution < 1.29 is 14.6 Å². The number of aromatic nitrogens is 1. The second-order valence-electron chi connectivity index (χ2n) is 9.13. The lowest BCUT2D eigenvalue weighted by atomic mass is 9.77. The number of carbonyl (C=O) groups is 1. The van der Waals surface area contributed by atoms with Gasteiger partial charge in [-0.2, -0.15) is 5.10 Å². The minimum Gasteiger partial charge on any atom is -0.354 e. The molecular weight excluding hydrogens is 508 g/mol. The second kappa shape index (κ2) is 10.1. The minimum absolute atomic E-state index is 0.00200. The van der Waals surface area contributed by atoms with Crippen LogP contribution in [0.15, 0.2) is 59.2 Å². The number of nitrogens with one attached hydrogen (secondary N) is 1. The molecule has 0 spiro atoms. The number of thiazole rings is 1. The molecule has 0 radical (unpaired) electrons. The van der Waals surface area contributed by atoms with Crippen molar-refractivity contribution in [1.29, 1.82) is 0 Å². The molecule has 11 nitrogen and oxygen atoms in total. The maximum Gasteiger partial charge on any atom is 0.269 e. The van der Waals surface area contributed by atoms with Crippen LogP contribution in [0.1, 0.15) is 51.8 Å². The Kier molecular flexibility index (Phi) is 6.72. The number of benzene rings is 2. The molecule has 1 fully saturated rings. The van der Waals surface area contributed by atoms with E-state index in [1.165, 1.54) is 35.6 Å². The lowest BCUT2D eigenvalue weighted by molar-refractivity contribution is -0.385. The highest BCUT2D eigenvalue weighted by molar-refractivity contribution is 7.17. The van der Waals surface area contributed by atoms with E-state index in [1.54, 1.807) is 38.2 Å². The Bertz CT molecular complexity index is 1480. The Hall–Kier alpha value is -4.45. The largest absolute Gasteiger partial charge is 0.354 e. The number of nitro benzene ring substituents is 2. The number of non-ortho nitro benzene ring substituents is 2. The number of nitrogens with zero attached hydrogens (tertiary/aromatic N) is 5.